The molecule has 3 aromatic rings. The number of aromatic nitrogens is 4. The van der Waals surface area contributed by atoms with Crippen LogP contribution in [0.2, 0.25) is 0 Å². The van der Waals surface area contributed by atoms with Gasteiger partial charge in [-0.25, -0.2) is 0 Å². The van der Waals surface area contributed by atoms with Gasteiger partial charge in [0.25, 0.3) is 0 Å². The Bertz CT molecular complexity index is 937. The van der Waals surface area contributed by atoms with Crippen molar-refractivity contribution in [2.24, 2.45) is 0 Å². The molecule has 6 nitrogen and oxygen atoms in total. The van der Waals surface area contributed by atoms with Gasteiger partial charge in [0.05, 0.1) is 10.9 Å². The van der Waals surface area contributed by atoms with Gasteiger partial charge in [0.15, 0.2) is 0 Å². The molecule has 7 heteroatoms. The summed E-state index contributed by atoms with van der Waals surface area (Å²) in [5, 5.41) is 15.5. The summed E-state index contributed by atoms with van der Waals surface area (Å²) in [7, 11) is 0. The number of nitrogens with one attached hydrogen (secondary N) is 1. The number of para-hydroxylation sites is 1. The van der Waals surface area contributed by atoms with Gasteiger partial charge >= 0.3 is 0 Å². The summed E-state index contributed by atoms with van der Waals surface area (Å²) in [5.41, 5.74) is 4.38. The molecular weight excluding hydrogens is 382 g/mol. The fraction of sp³-hybridized carbons (Fsp3) is 0.364. The van der Waals surface area contributed by atoms with E-state index in [1.54, 1.807) is 4.68 Å². The van der Waals surface area contributed by atoms with Crippen LogP contribution < -0.4 is 5.32 Å². The zero-order valence-electron chi connectivity index (χ0n) is 17.3. The van der Waals surface area contributed by atoms with Gasteiger partial charge in [0, 0.05) is 12.5 Å². The molecule has 1 N–H and O–H groups in total. The predicted octanol–water partition coefficient (Wildman–Crippen LogP) is 4.07. The molecule has 0 saturated carbocycles. The summed E-state index contributed by atoms with van der Waals surface area (Å²) in [6.07, 6.45) is 0.969. The number of hydrogen-bond acceptors (Lipinski definition) is 5. The molecule has 2 aromatic carbocycles. The number of carbonyl (C=O) groups is 1. The van der Waals surface area contributed by atoms with Crippen molar-refractivity contribution in [1.82, 2.24) is 25.5 Å². The molecule has 0 fully saturated rings. The molecule has 0 aliphatic heterocycles. The Labute approximate surface area is 176 Å². The molecule has 0 bridgehead atoms. The maximum Gasteiger partial charge on any atom is 0.233 e. The maximum atomic E-state index is 12.7. The highest BCUT2D eigenvalue weighted by molar-refractivity contribution is 8.00. The molecule has 2 atom stereocenters. The lowest BCUT2D eigenvalue weighted by Gasteiger charge is -2.18. The van der Waals surface area contributed by atoms with E-state index in [-0.39, 0.29) is 11.2 Å². The SMILES string of the molecule is CC[C@@H](CNC(=O)[C@@H](C)Sc1nnnn1-c1c(C)cccc1C)c1ccccc1. The monoisotopic (exact) mass is 409 g/mol. The van der Waals surface area contributed by atoms with Crippen molar-refractivity contribution in [3.8, 4) is 5.69 Å². The van der Waals surface area contributed by atoms with Crippen molar-refractivity contribution in [2.75, 3.05) is 6.54 Å². The lowest BCUT2D eigenvalue weighted by molar-refractivity contribution is -0.120. The summed E-state index contributed by atoms with van der Waals surface area (Å²) in [6, 6.07) is 16.4. The van der Waals surface area contributed by atoms with Crippen molar-refractivity contribution in [1.29, 1.82) is 0 Å². The first kappa shape index (κ1) is 21.0. The third-order valence-electron chi connectivity index (χ3n) is 5.03. The number of thioether (sulfide) groups is 1. The second-order valence-electron chi connectivity index (χ2n) is 7.13. The Hall–Kier alpha value is -2.67. The molecule has 1 heterocycles. The fourth-order valence-corrected chi connectivity index (χ4v) is 4.15. The van der Waals surface area contributed by atoms with Gasteiger partial charge in [0.1, 0.15) is 0 Å². The second kappa shape index (κ2) is 9.69. The van der Waals surface area contributed by atoms with Gasteiger partial charge in [-0.15, -0.1) is 5.10 Å². The minimum atomic E-state index is -0.308. The number of aryl methyl sites for hydroxylation is 2. The predicted molar refractivity (Wildman–Crippen MR) is 116 cm³/mol. The van der Waals surface area contributed by atoms with Crippen molar-refractivity contribution in [2.45, 2.75) is 50.4 Å². The highest BCUT2D eigenvalue weighted by atomic mass is 32.2. The van der Waals surface area contributed by atoms with Crippen molar-refractivity contribution in [3.05, 3.63) is 65.2 Å². The smallest absolute Gasteiger partial charge is 0.233 e. The first-order valence-corrected chi connectivity index (χ1v) is 10.7. The molecule has 0 aliphatic carbocycles. The van der Waals surface area contributed by atoms with Gasteiger partial charge in [-0.1, -0.05) is 67.2 Å². The lowest BCUT2D eigenvalue weighted by atomic mass is 9.96. The largest absolute Gasteiger partial charge is 0.355 e. The number of hydrogen-bond donors (Lipinski definition) is 1. The fourth-order valence-electron chi connectivity index (χ4n) is 3.33. The van der Waals surface area contributed by atoms with Gasteiger partial charge < -0.3 is 5.32 Å². The zero-order chi connectivity index (χ0) is 20.8. The van der Waals surface area contributed by atoms with Crippen LogP contribution in [0.3, 0.4) is 0 Å². The number of tetrazole rings is 1. The minimum Gasteiger partial charge on any atom is -0.355 e. The van der Waals surface area contributed by atoms with E-state index in [1.165, 1.54) is 17.3 Å². The third kappa shape index (κ3) is 5.03. The molecule has 0 saturated heterocycles. The number of benzene rings is 2. The number of rotatable bonds is 8. The first-order valence-electron chi connectivity index (χ1n) is 9.85. The van der Waals surface area contributed by atoms with Crippen LogP contribution in [0.5, 0.6) is 0 Å². The maximum absolute atomic E-state index is 12.7. The molecule has 1 amide bonds. The molecule has 3 rings (SSSR count). The van der Waals surface area contributed by atoms with Gasteiger partial charge in [-0.2, -0.15) is 4.68 Å². The van der Waals surface area contributed by atoms with E-state index in [0.717, 1.165) is 23.2 Å². The van der Waals surface area contributed by atoms with Crippen LogP contribution in [0, 0.1) is 13.8 Å². The molecule has 0 aliphatic rings. The van der Waals surface area contributed by atoms with Crippen LogP contribution in [0.1, 0.15) is 42.9 Å². The van der Waals surface area contributed by atoms with Crippen molar-refractivity contribution < 1.29 is 4.79 Å². The molecule has 29 heavy (non-hydrogen) atoms. The molecule has 0 unspecified atom stereocenters. The Morgan fingerprint density at radius 1 is 1.10 bits per heavy atom. The summed E-state index contributed by atoms with van der Waals surface area (Å²) in [4.78, 5) is 12.7. The Balaban J connectivity index is 1.66. The molecule has 0 spiro atoms. The number of amides is 1. The van der Waals surface area contributed by atoms with Gasteiger partial charge in [-0.3, -0.25) is 4.79 Å². The standard InChI is InChI=1S/C22H27N5OS/c1-5-18(19-12-7-6-8-13-19)14-23-21(28)17(4)29-22-24-25-26-27(22)20-15(2)10-9-11-16(20)3/h6-13,17-18H,5,14H2,1-4H3,(H,23,28)/t17-,18+/m1/s1. The van der Waals surface area contributed by atoms with E-state index in [9.17, 15) is 4.79 Å². The molecule has 1 aromatic heterocycles. The lowest BCUT2D eigenvalue weighted by Crippen LogP contribution is -2.34. The number of carbonyl (C=O) groups excluding carboxylic acids is 1. The van der Waals surface area contributed by atoms with Crippen molar-refractivity contribution in [3.63, 3.8) is 0 Å². The normalized spacial score (nSPS) is 13.1. The van der Waals surface area contributed by atoms with E-state index in [4.69, 9.17) is 0 Å². The second-order valence-corrected chi connectivity index (χ2v) is 8.44. The number of nitrogens with zero attached hydrogens (tertiary/aromatic N) is 4. The van der Waals surface area contributed by atoms with Crippen LogP contribution in [-0.4, -0.2) is 37.9 Å². The first-order chi connectivity index (χ1) is 14.0. The average Bonchev–Trinajstić information content (AvgIpc) is 3.16. The molecular formula is C22H27N5OS. The van der Waals surface area contributed by atoms with Gasteiger partial charge in [0.2, 0.25) is 11.1 Å². The Morgan fingerprint density at radius 2 is 1.79 bits per heavy atom. The summed E-state index contributed by atoms with van der Waals surface area (Å²) >= 11 is 1.37. The topological polar surface area (TPSA) is 72.7 Å². The minimum absolute atomic E-state index is 0.0135. The molecule has 0 radical (unpaired) electrons. The highest BCUT2D eigenvalue weighted by Gasteiger charge is 2.21. The van der Waals surface area contributed by atoms with Crippen molar-refractivity contribution >= 4 is 17.7 Å². The van der Waals surface area contributed by atoms with Crippen LogP contribution in [0.25, 0.3) is 5.69 Å². The van der Waals surface area contributed by atoms with Gasteiger partial charge in [-0.05, 0) is 54.3 Å². The van der Waals surface area contributed by atoms with E-state index < -0.39 is 0 Å². The van der Waals surface area contributed by atoms with E-state index in [1.807, 2.05) is 57.2 Å². The van der Waals surface area contributed by atoms with Crippen LogP contribution in [0.15, 0.2) is 53.7 Å². The highest BCUT2D eigenvalue weighted by Crippen LogP contribution is 2.26. The van der Waals surface area contributed by atoms with E-state index >= 15 is 0 Å². The summed E-state index contributed by atoms with van der Waals surface area (Å²) in [5.74, 6) is 0.290. The van der Waals surface area contributed by atoms with Crippen LogP contribution >= 0.6 is 11.8 Å². The third-order valence-corrected chi connectivity index (χ3v) is 6.06. The van der Waals surface area contributed by atoms with Crippen LogP contribution in [0.4, 0.5) is 0 Å². The van der Waals surface area contributed by atoms with E-state index in [2.05, 4.69) is 39.9 Å². The van der Waals surface area contributed by atoms with E-state index in [0.29, 0.717) is 17.6 Å². The zero-order valence-corrected chi connectivity index (χ0v) is 18.1. The van der Waals surface area contributed by atoms with Crippen LogP contribution in [-0.2, 0) is 4.79 Å². The Kier molecular flexibility index (Phi) is 7.04. The summed E-state index contributed by atoms with van der Waals surface area (Å²) < 4.78 is 1.72. The quantitative estimate of drug-likeness (QED) is 0.568. The average molecular weight is 410 g/mol. The summed E-state index contributed by atoms with van der Waals surface area (Å²) in [6.45, 7) is 8.70. The Morgan fingerprint density at radius 3 is 2.45 bits per heavy atom. The molecule has 152 valence electrons.